The second-order valence-corrected chi connectivity index (χ2v) is 9.75. The highest BCUT2D eigenvalue weighted by Crippen LogP contribution is 2.46. The first-order valence-corrected chi connectivity index (χ1v) is 12.6. The molecule has 2 fully saturated rings. The van der Waals surface area contributed by atoms with Gasteiger partial charge in [0.25, 0.3) is 5.92 Å². The highest BCUT2D eigenvalue weighted by Gasteiger charge is 2.46. The molecule has 6 rings (SSSR count). The van der Waals surface area contributed by atoms with Crippen molar-refractivity contribution in [3.63, 3.8) is 0 Å². The van der Waals surface area contributed by atoms with Gasteiger partial charge in [0, 0.05) is 35.3 Å². The van der Waals surface area contributed by atoms with Crippen LogP contribution in [0.5, 0.6) is 5.75 Å². The third-order valence-corrected chi connectivity index (χ3v) is 6.90. The van der Waals surface area contributed by atoms with Crippen LogP contribution in [0, 0.1) is 0 Å². The van der Waals surface area contributed by atoms with Gasteiger partial charge < -0.3 is 18.9 Å². The minimum Gasteiger partial charge on any atom is -0.405 e. The van der Waals surface area contributed by atoms with Crippen molar-refractivity contribution >= 4 is 11.7 Å². The smallest absolute Gasteiger partial charge is 0.405 e. The van der Waals surface area contributed by atoms with Crippen LogP contribution >= 0.6 is 0 Å². The normalized spacial score (nSPS) is 20.8. The van der Waals surface area contributed by atoms with E-state index in [0.717, 1.165) is 18.9 Å². The summed E-state index contributed by atoms with van der Waals surface area (Å²) in [5.74, 6) is -2.33. The highest BCUT2D eigenvalue weighted by molar-refractivity contribution is 5.98. The molecule has 3 aliphatic rings. The van der Waals surface area contributed by atoms with Crippen LogP contribution in [0.15, 0.2) is 52.1 Å². The Morgan fingerprint density at radius 3 is 2.60 bits per heavy atom. The third-order valence-electron chi connectivity index (χ3n) is 6.90. The number of nitrogens with one attached hydrogen (secondary N) is 1. The Labute approximate surface area is 224 Å². The summed E-state index contributed by atoms with van der Waals surface area (Å²) in [5, 5.41) is 4.00. The summed E-state index contributed by atoms with van der Waals surface area (Å²) in [4.78, 5) is 14.9. The summed E-state index contributed by atoms with van der Waals surface area (Å²) in [7, 11) is 0. The molecular formula is C26H24F5N5O4. The van der Waals surface area contributed by atoms with Crippen molar-refractivity contribution in [2.75, 3.05) is 24.7 Å². The summed E-state index contributed by atoms with van der Waals surface area (Å²) in [6.45, 7) is -0.456. The molecule has 1 aromatic carbocycles. The highest BCUT2D eigenvalue weighted by atomic mass is 19.4. The third kappa shape index (κ3) is 5.59. The molecule has 40 heavy (non-hydrogen) atoms. The van der Waals surface area contributed by atoms with Gasteiger partial charge in [0.15, 0.2) is 12.6 Å². The van der Waals surface area contributed by atoms with Gasteiger partial charge in [0.05, 0.1) is 13.2 Å². The zero-order valence-electron chi connectivity index (χ0n) is 21.0. The first-order valence-electron chi connectivity index (χ1n) is 12.6. The van der Waals surface area contributed by atoms with Gasteiger partial charge in [-0.1, -0.05) is 17.3 Å². The maximum Gasteiger partial charge on any atom is 0.573 e. The van der Waals surface area contributed by atoms with Gasteiger partial charge >= 0.3 is 6.36 Å². The second-order valence-electron chi connectivity index (χ2n) is 9.75. The van der Waals surface area contributed by atoms with E-state index < -0.39 is 30.7 Å². The van der Waals surface area contributed by atoms with Crippen molar-refractivity contribution in [1.29, 1.82) is 0 Å². The minimum atomic E-state index is -4.92. The van der Waals surface area contributed by atoms with Gasteiger partial charge in [-0.05, 0) is 43.5 Å². The Hall–Kier alpha value is -3.78. The number of hydrogen-bond donors (Lipinski definition) is 1. The van der Waals surface area contributed by atoms with Crippen LogP contribution in [0.25, 0.3) is 11.3 Å². The van der Waals surface area contributed by atoms with E-state index in [1.54, 1.807) is 12.1 Å². The quantitative estimate of drug-likeness (QED) is 0.374. The van der Waals surface area contributed by atoms with Crippen molar-refractivity contribution in [2.24, 2.45) is 4.99 Å². The molecule has 0 amide bonds. The van der Waals surface area contributed by atoms with E-state index in [2.05, 4.69) is 25.4 Å². The van der Waals surface area contributed by atoms with Gasteiger partial charge in [0.1, 0.15) is 29.1 Å². The van der Waals surface area contributed by atoms with Gasteiger partial charge in [-0.3, -0.25) is 4.84 Å². The molecule has 0 spiro atoms. The Morgan fingerprint density at radius 2 is 1.93 bits per heavy atom. The number of hydrogen-bond acceptors (Lipinski definition) is 9. The lowest BCUT2D eigenvalue weighted by Crippen LogP contribution is -2.52. The molecule has 2 aromatic heterocycles. The largest absolute Gasteiger partial charge is 0.573 e. The number of piperidine rings is 1. The molecule has 3 aromatic rings. The summed E-state index contributed by atoms with van der Waals surface area (Å²) in [5.41, 5.74) is 3.79. The van der Waals surface area contributed by atoms with E-state index in [9.17, 15) is 13.2 Å². The fourth-order valence-electron chi connectivity index (χ4n) is 4.81. The standard InChI is InChI=1S/C26H24F5N5O4/c27-25(28)13-36(21-8-7-16(11-32-21)24-33-14-38-35-24)10-9-20(25)37-12-18-22(34-40-23(18)15-5-6-15)17-3-1-2-4-19(17)39-26(29,30)31/h1-4,7-8,11,15,20H,5-6,9-10,12-14H2,(H,33,35). The van der Waals surface area contributed by atoms with Crippen molar-refractivity contribution < 1.29 is 40.8 Å². The van der Waals surface area contributed by atoms with E-state index in [0.29, 0.717) is 28.5 Å². The lowest BCUT2D eigenvalue weighted by Gasteiger charge is -2.38. The van der Waals surface area contributed by atoms with Gasteiger partial charge in [0.2, 0.25) is 0 Å². The van der Waals surface area contributed by atoms with E-state index in [-0.39, 0.29) is 43.5 Å². The Morgan fingerprint density at radius 1 is 1.10 bits per heavy atom. The van der Waals surface area contributed by atoms with Gasteiger partial charge in [-0.2, -0.15) is 0 Å². The molecule has 1 saturated heterocycles. The van der Waals surface area contributed by atoms with E-state index in [1.807, 2.05) is 0 Å². The monoisotopic (exact) mass is 565 g/mol. The van der Waals surface area contributed by atoms with Crippen LogP contribution in [0.3, 0.4) is 0 Å². The van der Waals surface area contributed by atoms with Gasteiger partial charge in [-0.15, -0.1) is 13.2 Å². The average molecular weight is 565 g/mol. The molecule has 2 aliphatic heterocycles. The number of anilines is 1. The number of hydroxylamine groups is 1. The Balaban J connectivity index is 1.17. The number of halogens is 5. The van der Waals surface area contributed by atoms with Crippen LogP contribution in [-0.2, 0) is 16.2 Å². The molecule has 4 heterocycles. The van der Waals surface area contributed by atoms with Crippen LogP contribution in [-0.4, -0.2) is 54.2 Å². The topological polar surface area (TPSA) is 94.2 Å². The van der Waals surface area contributed by atoms with Gasteiger partial charge in [-0.25, -0.2) is 24.2 Å². The van der Waals surface area contributed by atoms with E-state index in [1.165, 1.54) is 29.3 Å². The second kappa shape index (κ2) is 10.3. The summed E-state index contributed by atoms with van der Waals surface area (Å²) < 4.78 is 85.0. The fraction of sp³-hybridized carbons (Fsp3) is 0.423. The predicted octanol–water partition coefficient (Wildman–Crippen LogP) is 5.18. The zero-order valence-corrected chi connectivity index (χ0v) is 21.0. The van der Waals surface area contributed by atoms with Crippen LogP contribution in [0.2, 0.25) is 0 Å². The molecular weight excluding hydrogens is 541 g/mol. The average Bonchev–Trinajstić information content (AvgIpc) is 3.43. The molecule has 1 saturated carbocycles. The lowest BCUT2D eigenvalue weighted by molar-refractivity contribution is -0.274. The molecule has 0 radical (unpaired) electrons. The van der Waals surface area contributed by atoms with Crippen molar-refractivity contribution in [3.05, 3.63) is 59.5 Å². The Bertz CT molecular complexity index is 1390. The lowest BCUT2D eigenvalue weighted by atomic mass is 10.0. The number of aromatic nitrogens is 2. The predicted molar refractivity (Wildman–Crippen MR) is 131 cm³/mol. The van der Waals surface area contributed by atoms with Crippen molar-refractivity contribution in [3.8, 4) is 17.0 Å². The molecule has 212 valence electrons. The fourth-order valence-corrected chi connectivity index (χ4v) is 4.81. The number of alkyl halides is 5. The molecule has 0 bridgehead atoms. The summed E-state index contributed by atoms with van der Waals surface area (Å²) in [6.07, 6.45) is -3.20. The number of aliphatic imine (C=N–C) groups is 1. The van der Waals surface area contributed by atoms with E-state index >= 15 is 8.78 Å². The number of nitrogens with zero attached hydrogens (tertiary/aromatic N) is 4. The van der Waals surface area contributed by atoms with Crippen molar-refractivity contribution in [2.45, 2.75) is 50.2 Å². The summed E-state index contributed by atoms with van der Waals surface area (Å²) >= 11 is 0. The summed E-state index contributed by atoms with van der Waals surface area (Å²) in [6, 6.07) is 8.86. The molecule has 9 nitrogen and oxygen atoms in total. The zero-order chi connectivity index (χ0) is 27.9. The molecule has 1 unspecified atom stereocenters. The van der Waals surface area contributed by atoms with Crippen molar-refractivity contribution in [1.82, 2.24) is 15.6 Å². The SMILES string of the molecule is FC(F)(F)Oc1ccccc1-c1noc(C2CC2)c1COC1CCN(c2ccc(C3=NCON3)cn2)CC1(F)F. The molecule has 1 aliphatic carbocycles. The minimum absolute atomic E-state index is 0.00564. The number of ether oxygens (including phenoxy) is 2. The Kier molecular flexibility index (Phi) is 6.82. The molecule has 1 atom stereocenters. The van der Waals surface area contributed by atoms with Crippen LogP contribution in [0.4, 0.5) is 27.8 Å². The number of benzene rings is 1. The number of rotatable bonds is 8. The molecule has 14 heteroatoms. The maximum atomic E-state index is 15.3. The number of pyridine rings is 1. The maximum absolute atomic E-state index is 15.3. The van der Waals surface area contributed by atoms with Crippen LogP contribution in [0.1, 0.15) is 42.1 Å². The molecule has 1 N–H and O–H groups in total. The van der Waals surface area contributed by atoms with E-state index in [4.69, 9.17) is 14.1 Å². The van der Waals surface area contributed by atoms with Crippen LogP contribution < -0.4 is 15.1 Å². The first kappa shape index (κ1) is 26.4. The number of amidine groups is 1. The number of para-hydroxylation sites is 1. The first-order chi connectivity index (χ1) is 19.2.